The fourth-order valence-electron chi connectivity index (χ4n) is 2.68. The lowest BCUT2D eigenvalue weighted by molar-refractivity contribution is -0.121. The summed E-state index contributed by atoms with van der Waals surface area (Å²) in [4.78, 5) is 12.0. The number of hydrogen-bond acceptors (Lipinski definition) is 3. The molecule has 0 aromatic heterocycles. The van der Waals surface area contributed by atoms with Crippen molar-refractivity contribution < 1.29 is 18.3 Å². The second kappa shape index (κ2) is 9.17. The van der Waals surface area contributed by atoms with Crippen molar-refractivity contribution in [2.24, 2.45) is 5.92 Å². The fraction of sp³-hybridized carbons (Fsp3) is 0.562. The molecule has 0 aliphatic carbocycles. The largest absolute Gasteiger partial charge is 0.434 e. The van der Waals surface area contributed by atoms with Crippen molar-refractivity contribution in [1.29, 1.82) is 0 Å². The number of nitrogens with one attached hydrogen (secondary N) is 2. The van der Waals surface area contributed by atoms with E-state index in [4.69, 9.17) is 0 Å². The van der Waals surface area contributed by atoms with E-state index in [1.54, 1.807) is 12.1 Å². The van der Waals surface area contributed by atoms with Gasteiger partial charge in [-0.1, -0.05) is 15.9 Å². The Bertz CT molecular complexity index is 523. The number of carbonyl (C=O) groups excluding carboxylic acids is 1. The molecule has 2 rings (SSSR count). The minimum Gasteiger partial charge on any atom is -0.434 e. The minimum atomic E-state index is -2.88. The highest BCUT2D eigenvalue weighted by Gasteiger charge is 2.15. The number of halogens is 3. The number of amides is 1. The van der Waals surface area contributed by atoms with Gasteiger partial charge in [-0.05, 0) is 56.5 Å². The van der Waals surface area contributed by atoms with Crippen LogP contribution in [0.15, 0.2) is 22.7 Å². The van der Waals surface area contributed by atoms with Crippen LogP contribution in [0.5, 0.6) is 5.75 Å². The first-order valence-electron chi connectivity index (χ1n) is 7.75. The maximum Gasteiger partial charge on any atom is 0.387 e. The van der Waals surface area contributed by atoms with E-state index >= 15 is 0 Å². The lowest BCUT2D eigenvalue weighted by atomic mass is 9.93. The molecule has 1 fully saturated rings. The first-order chi connectivity index (χ1) is 11.0. The van der Waals surface area contributed by atoms with E-state index in [1.807, 2.05) is 0 Å². The number of rotatable bonds is 7. The molecule has 0 spiro atoms. The third kappa shape index (κ3) is 6.43. The third-order valence-corrected chi connectivity index (χ3v) is 4.45. The van der Waals surface area contributed by atoms with Gasteiger partial charge in [-0.3, -0.25) is 4.79 Å². The summed E-state index contributed by atoms with van der Waals surface area (Å²) < 4.78 is 30.0. The van der Waals surface area contributed by atoms with Gasteiger partial charge in [0.15, 0.2) is 0 Å². The van der Waals surface area contributed by atoms with E-state index in [0.717, 1.165) is 36.8 Å². The Morgan fingerprint density at radius 1 is 1.39 bits per heavy atom. The van der Waals surface area contributed by atoms with Gasteiger partial charge in [-0.2, -0.15) is 8.78 Å². The molecule has 1 amide bonds. The summed E-state index contributed by atoms with van der Waals surface area (Å²) in [5.41, 5.74) is 0.523. The fourth-order valence-corrected chi connectivity index (χ4v) is 3.09. The molecule has 0 bridgehead atoms. The topological polar surface area (TPSA) is 50.4 Å². The standard InChI is InChI=1S/C16H21BrF2N2O2/c17-13-2-3-14(23-16(18)19)12(9-13)10-21-15(22)4-1-11-5-7-20-8-6-11/h2-3,9,11,16,20H,1,4-8,10H2,(H,21,22). The van der Waals surface area contributed by atoms with Crippen molar-refractivity contribution in [2.75, 3.05) is 13.1 Å². The Morgan fingerprint density at radius 3 is 2.83 bits per heavy atom. The number of hydrogen-bond donors (Lipinski definition) is 2. The van der Waals surface area contributed by atoms with E-state index in [2.05, 4.69) is 31.3 Å². The lowest BCUT2D eigenvalue weighted by Gasteiger charge is -2.22. The monoisotopic (exact) mass is 390 g/mol. The van der Waals surface area contributed by atoms with Gasteiger partial charge < -0.3 is 15.4 Å². The molecule has 7 heteroatoms. The van der Waals surface area contributed by atoms with E-state index in [0.29, 0.717) is 17.9 Å². The van der Waals surface area contributed by atoms with Gasteiger partial charge in [0.25, 0.3) is 0 Å². The Kier molecular flexibility index (Phi) is 7.23. The van der Waals surface area contributed by atoms with Crippen molar-refractivity contribution in [3.63, 3.8) is 0 Å². The van der Waals surface area contributed by atoms with Gasteiger partial charge in [0.2, 0.25) is 5.91 Å². The van der Waals surface area contributed by atoms with Gasteiger partial charge >= 0.3 is 6.61 Å². The molecule has 0 radical (unpaired) electrons. The number of carbonyl (C=O) groups is 1. The lowest BCUT2D eigenvalue weighted by Crippen LogP contribution is -2.29. The Balaban J connectivity index is 1.82. The number of piperidine rings is 1. The van der Waals surface area contributed by atoms with Crippen molar-refractivity contribution in [3.8, 4) is 5.75 Å². The highest BCUT2D eigenvalue weighted by molar-refractivity contribution is 9.10. The molecule has 0 unspecified atom stereocenters. The van der Waals surface area contributed by atoms with Crippen molar-refractivity contribution in [1.82, 2.24) is 10.6 Å². The maximum atomic E-state index is 12.4. The average molecular weight is 391 g/mol. The summed E-state index contributed by atoms with van der Waals surface area (Å²) in [6, 6.07) is 4.76. The SMILES string of the molecule is O=C(CCC1CCNCC1)NCc1cc(Br)ccc1OC(F)F. The van der Waals surface area contributed by atoms with Crippen LogP contribution in [0.4, 0.5) is 8.78 Å². The number of ether oxygens (including phenoxy) is 1. The molecule has 1 aliphatic heterocycles. The molecule has 1 aromatic carbocycles. The van der Waals surface area contributed by atoms with Crippen LogP contribution in [0.25, 0.3) is 0 Å². The average Bonchev–Trinajstić information content (AvgIpc) is 2.53. The van der Waals surface area contributed by atoms with Crippen molar-refractivity contribution in [3.05, 3.63) is 28.2 Å². The van der Waals surface area contributed by atoms with Crippen molar-refractivity contribution in [2.45, 2.75) is 38.8 Å². The summed E-state index contributed by atoms with van der Waals surface area (Å²) in [5, 5.41) is 6.07. The molecule has 1 heterocycles. The zero-order valence-corrected chi connectivity index (χ0v) is 14.4. The predicted octanol–water partition coefficient (Wildman–Crippen LogP) is 3.45. The zero-order valence-electron chi connectivity index (χ0n) is 12.8. The highest BCUT2D eigenvalue weighted by atomic mass is 79.9. The number of alkyl halides is 2. The summed E-state index contributed by atoms with van der Waals surface area (Å²) in [5.74, 6) is 0.610. The maximum absolute atomic E-state index is 12.4. The smallest absolute Gasteiger partial charge is 0.387 e. The van der Waals surface area contributed by atoms with Gasteiger partial charge in [0.1, 0.15) is 5.75 Å². The Hall–Kier alpha value is -1.21. The van der Waals surface area contributed by atoms with Crippen LogP contribution in [0, 0.1) is 5.92 Å². The molecule has 1 aliphatic rings. The molecular weight excluding hydrogens is 370 g/mol. The molecular formula is C16H21BrF2N2O2. The zero-order chi connectivity index (χ0) is 16.7. The Morgan fingerprint density at radius 2 is 2.13 bits per heavy atom. The first-order valence-corrected chi connectivity index (χ1v) is 8.54. The van der Waals surface area contributed by atoms with Gasteiger partial charge in [0, 0.05) is 23.0 Å². The summed E-state index contributed by atoms with van der Waals surface area (Å²) in [7, 11) is 0. The van der Waals surface area contributed by atoms with E-state index < -0.39 is 6.61 Å². The molecule has 0 atom stereocenters. The first kappa shape index (κ1) is 18.1. The van der Waals surface area contributed by atoms with Crippen LogP contribution in [0.1, 0.15) is 31.2 Å². The van der Waals surface area contributed by atoms with E-state index in [-0.39, 0.29) is 18.2 Å². The molecule has 2 N–H and O–H groups in total. The van der Waals surface area contributed by atoms with Crippen LogP contribution >= 0.6 is 15.9 Å². The summed E-state index contributed by atoms with van der Waals surface area (Å²) >= 11 is 3.29. The van der Waals surface area contributed by atoms with Crippen molar-refractivity contribution >= 4 is 21.8 Å². The number of benzene rings is 1. The minimum absolute atomic E-state index is 0.0634. The molecule has 128 valence electrons. The predicted molar refractivity (Wildman–Crippen MR) is 87.4 cm³/mol. The second-order valence-electron chi connectivity index (χ2n) is 5.64. The normalized spacial score (nSPS) is 15.7. The molecule has 1 saturated heterocycles. The molecule has 23 heavy (non-hydrogen) atoms. The van der Waals surface area contributed by atoms with Crippen LogP contribution in [-0.2, 0) is 11.3 Å². The van der Waals surface area contributed by atoms with Crippen LogP contribution < -0.4 is 15.4 Å². The quantitative estimate of drug-likeness (QED) is 0.749. The van der Waals surface area contributed by atoms with Gasteiger partial charge in [-0.25, -0.2) is 0 Å². The molecule has 4 nitrogen and oxygen atoms in total. The third-order valence-electron chi connectivity index (χ3n) is 3.95. The van der Waals surface area contributed by atoms with Crippen LogP contribution in [0.2, 0.25) is 0 Å². The highest BCUT2D eigenvalue weighted by Crippen LogP contribution is 2.25. The van der Waals surface area contributed by atoms with Gasteiger partial charge in [0.05, 0.1) is 0 Å². The second-order valence-corrected chi connectivity index (χ2v) is 6.56. The van der Waals surface area contributed by atoms with Gasteiger partial charge in [-0.15, -0.1) is 0 Å². The Labute approximate surface area is 143 Å². The van der Waals surface area contributed by atoms with Crippen LogP contribution in [0.3, 0.4) is 0 Å². The molecule has 0 saturated carbocycles. The van der Waals surface area contributed by atoms with E-state index in [9.17, 15) is 13.6 Å². The summed E-state index contributed by atoms with van der Waals surface area (Å²) in [6.07, 6.45) is 3.53. The van der Waals surface area contributed by atoms with E-state index in [1.165, 1.54) is 6.07 Å². The molecule has 1 aromatic rings. The van der Waals surface area contributed by atoms with Crippen LogP contribution in [-0.4, -0.2) is 25.6 Å². The summed E-state index contributed by atoms with van der Waals surface area (Å²) in [6.45, 7) is -0.685.